The third-order valence-corrected chi connectivity index (χ3v) is 7.85. The number of rotatable bonds is 6. The van der Waals surface area contributed by atoms with Crippen molar-refractivity contribution in [3.05, 3.63) is 48.0 Å². The van der Waals surface area contributed by atoms with Gasteiger partial charge in [0.15, 0.2) is 0 Å². The van der Waals surface area contributed by atoms with Crippen LogP contribution in [0.15, 0.2) is 42.5 Å². The summed E-state index contributed by atoms with van der Waals surface area (Å²) >= 11 is 0. The first-order valence-corrected chi connectivity index (χ1v) is 13.1. The molecule has 2 fully saturated rings. The van der Waals surface area contributed by atoms with Crippen molar-refractivity contribution in [3.8, 4) is 17.1 Å². The van der Waals surface area contributed by atoms with Gasteiger partial charge in [-0.1, -0.05) is 50.7 Å². The van der Waals surface area contributed by atoms with Gasteiger partial charge in [0.05, 0.1) is 18.1 Å². The normalized spacial score (nSPS) is 17.7. The molecule has 1 amide bonds. The molecule has 5 heteroatoms. The maximum absolute atomic E-state index is 14.1. The van der Waals surface area contributed by atoms with Crippen molar-refractivity contribution in [1.29, 1.82) is 0 Å². The van der Waals surface area contributed by atoms with Crippen LogP contribution < -0.4 is 4.74 Å². The standard InChI is InChI=1S/C29H37N3O2/c1-21-19-24(34-2)17-18-25(21)29-30-26-15-9-10-16-27(26)31(29)20-28(33)32(22-11-5-3-6-12-22)23-13-7-4-8-14-23/h9-10,15-19,22-23H,3-8,11-14,20H2,1-2H3. The van der Waals surface area contributed by atoms with E-state index in [1.54, 1.807) is 7.11 Å². The van der Waals surface area contributed by atoms with Crippen LogP contribution >= 0.6 is 0 Å². The molecule has 34 heavy (non-hydrogen) atoms. The second kappa shape index (κ2) is 10.2. The summed E-state index contributed by atoms with van der Waals surface area (Å²) in [6, 6.07) is 15.0. The number of hydrogen-bond acceptors (Lipinski definition) is 3. The Labute approximate surface area is 203 Å². The van der Waals surface area contributed by atoms with Gasteiger partial charge in [0.25, 0.3) is 0 Å². The molecule has 1 heterocycles. The fourth-order valence-corrected chi connectivity index (χ4v) is 6.10. The lowest BCUT2D eigenvalue weighted by Crippen LogP contribution is -2.50. The van der Waals surface area contributed by atoms with E-state index in [9.17, 15) is 4.79 Å². The van der Waals surface area contributed by atoms with Crippen molar-refractivity contribution in [1.82, 2.24) is 14.5 Å². The predicted octanol–water partition coefficient (Wildman–Crippen LogP) is 6.51. The Bertz CT molecular complexity index is 1120. The molecule has 0 N–H and O–H groups in total. The molecule has 2 aliphatic carbocycles. The monoisotopic (exact) mass is 459 g/mol. The van der Waals surface area contributed by atoms with Gasteiger partial charge in [-0.05, 0) is 68.5 Å². The minimum Gasteiger partial charge on any atom is -0.497 e. The van der Waals surface area contributed by atoms with E-state index in [0.717, 1.165) is 59.4 Å². The fourth-order valence-electron chi connectivity index (χ4n) is 6.10. The highest BCUT2D eigenvalue weighted by molar-refractivity contribution is 5.85. The zero-order valence-electron chi connectivity index (χ0n) is 20.6. The molecule has 180 valence electrons. The predicted molar refractivity (Wildman–Crippen MR) is 137 cm³/mol. The Morgan fingerprint density at radius 1 is 0.971 bits per heavy atom. The van der Waals surface area contributed by atoms with Crippen LogP contribution in [0.3, 0.4) is 0 Å². The molecule has 5 rings (SSSR count). The second-order valence-electron chi connectivity index (χ2n) is 10.1. The Morgan fingerprint density at radius 3 is 2.24 bits per heavy atom. The van der Waals surface area contributed by atoms with Crippen molar-refractivity contribution < 1.29 is 9.53 Å². The Hall–Kier alpha value is -2.82. The number of carbonyl (C=O) groups is 1. The summed E-state index contributed by atoms with van der Waals surface area (Å²) in [4.78, 5) is 21.4. The molecule has 0 radical (unpaired) electrons. The SMILES string of the molecule is COc1ccc(-c2nc3ccccc3n2CC(=O)N(C2CCCCC2)C2CCCCC2)c(C)c1. The molecule has 0 saturated heterocycles. The number of hydrogen-bond donors (Lipinski definition) is 0. The molecule has 2 saturated carbocycles. The van der Waals surface area contributed by atoms with Crippen LogP contribution in [0.1, 0.15) is 69.8 Å². The van der Waals surface area contributed by atoms with Crippen molar-refractivity contribution in [3.63, 3.8) is 0 Å². The molecule has 0 unspecified atom stereocenters. The van der Waals surface area contributed by atoms with E-state index < -0.39 is 0 Å². The number of aryl methyl sites for hydroxylation is 1. The lowest BCUT2D eigenvalue weighted by molar-refractivity contribution is -0.138. The summed E-state index contributed by atoms with van der Waals surface area (Å²) in [6.45, 7) is 2.42. The van der Waals surface area contributed by atoms with E-state index in [0.29, 0.717) is 18.6 Å². The number of carbonyl (C=O) groups excluding carboxylic acids is 1. The fraction of sp³-hybridized carbons (Fsp3) is 0.517. The topological polar surface area (TPSA) is 47.4 Å². The van der Waals surface area contributed by atoms with Crippen LogP contribution in [0.4, 0.5) is 0 Å². The van der Waals surface area contributed by atoms with Crippen LogP contribution in [0.5, 0.6) is 5.75 Å². The van der Waals surface area contributed by atoms with E-state index in [1.165, 1.54) is 38.5 Å². The molecule has 0 atom stereocenters. The number of methoxy groups -OCH3 is 1. The highest BCUT2D eigenvalue weighted by Gasteiger charge is 2.33. The van der Waals surface area contributed by atoms with Gasteiger partial charge in [-0.15, -0.1) is 0 Å². The quantitative estimate of drug-likeness (QED) is 0.422. The maximum atomic E-state index is 14.1. The summed E-state index contributed by atoms with van der Waals surface area (Å²) in [5.74, 6) is 1.96. The van der Waals surface area contributed by atoms with Gasteiger partial charge < -0.3 is 14.2 Å². The lowest BCUT2D eigenvalue weighted by atomic mass is 9.88. The summed E-state index contributed by atoms with van der Waals surface area (Å²) in [7, 11) is 1.69. The van der Waals surface area contributed by atoms with Crippen molar-refractivity contribution >= 4 is 16.9 Å². The highest BCUT2D eigenvalue weighted by atomic mass is 16.5. The van der Waals surface area contributed by atoms with Crippen LogP contribution in [-0.4, -0.2) is 39.6 Å². The number of aromatic nitrogens is 2. The summed E-state index contributed by atoms with van der Waals surface area (Å²) in [6.07, 6.45) is 12.2. The van der Waals surface area contributed by atoms with Gasteiger partial charge in [-0.25, -0.2) is 4.98 Å². The summed E-state index contributed by atoms with van der Waals surface area (Å²) < 4.78 is 7.56. The molecule has 2 aromatic carbocycles. The summed E-state index contributed by atoms with van der Waals surface area (Å²) in [5.41, 5.74) is 4.10. The third-order valence-electron chi connectivity index (χ3n) is 7.85. The van der Waals surface area contributed by atoms with Crippen LogP contribution in [0, 0.1) is 6.92 Å². The average molecular weight is 460 g/mol. The Balaban J connectivity index is 1.52. The number of para-hydroxylation sites is 2. The smallest absolute Gasteiger partial charge is 0.243 e. The number of amides is 1. The number of ether oxygens (including phenoxy) is 1. The van der Waals surface area contributed by atoms with E-state index in [-0.39, 0.29) is 5.91 Å². The highest BCUT2D eigenvalue weighted by Crippen LogP contribution is 2.33. The van der Waals surface area contributed by atoms with Crippen LogP contribution in [0.2, 0.25) is 0 Å². The molecular weight excluding hydrogens is 422 g/mol. The van der Waals surface area contributed by atoms with Gasteiger partial charge in [0.1, 0.15) is 18.1 Å². The number of fused-ring (bicyclic) bond motifs is 1. The van der Waals surface area contributed by atoms with Gasteiger partial charge >= 0.3 is 0 Å². The largest absolute Gasteiger partial charge is 0.497 e. The zero-order valence-corrected chi connectivity index (χ0v) is 20.6. The van der Waals surface area contributed by atoms with Crippen LogP contribution in [0.25, 0.3) is 22.4 Å². The number of benzene rings is 2. The maximum Gasteiger partial charge on any atom is 0.243 e. The van der Waals surface area contributed by atoms with Crippen molar-refractivity contribution in [2.45, 2.75) is 89.8 Å². The van der Waals surface area contributed by atoms with Gasteiger partial charge in [-0.3, -0.25) is 4.79 Å². The summed E-state index contributed by atoms with van der Waals surface area (Å²) in [5, 5.41) is 0. The van der Waals surface area contributed by atoms with Crippen molar-refractivity contribution in [2.24, 2.45) is 0 Å². The second-order valence-corrected chi connectivity index (χ2v) is 10.1. The molecule has 3 aromatic rings. The van der Waals surface area contributed by atoms with Gasteiger partial charge in [-0.2, -0.15) is 0 Å². The van der Waals surface area contributed by atoms with E-state index in [2.05, 4.69) is 28.5 Å². The van der Waals surface area contributed by atoms with Crippen LogP contribution in [-0.2, 0) is 11.3 Å². The zero-order chi connectivity index (χ0) is 23.5. The van der Waals surface area contributed by atoms with Gasteiger partial charge in [0.2, 0.25) is 5.91 Å². The Morgan fingerprint density at radius 2 is 1.62 bits per heavy atom. The molecule has 0 aliphatic heterocycles. The van der Waals surface area contributed by atoms with Crippen molar-refractivity contribution in [2.75, 3.05) is 7.11 Å². The minimum absolute atomic E-state index is 0.259. The number of nitrogens with zero attached hydrogens (tertiary/aromatic N) is 3. The molecular formula is C29H37N3O2. The average Bonchev–Trinajstić information content (AvgIpc) is 3.23. The van der Waals surface area contributed by atoms with E-state index in [4.69, 9.17) is 9.72 Å². The first kappa shape index (κ1) is 22.9. The molecule has 2 aliphatic rings. The van der Waals surface area contributed by atoms with E-state index >= 15 is 0 Å². The molecule has 5 nitrogen and oxygen atoms in total. The molecule has 1 aromatic heterocycles. The first-order valence-electron chi connectivity index (χ1n) is 13.1. The lowest BCUT2D eigenvalue weighted by Gasteiger charge is -2.42. The first-order chi connectivity index (χ1) is 16.7. The molecule has 0 spiro atoms. The minimum atomic E-state index is 0.259. The Kier molecular flexibility index (Phi) is 6.89. The molecule has 0 bridgehead atoms. The third kappa shape index (κ3) is 4.57. The number of imidazole rings is 1. The van der Waals surface area contributed by atoms with E-state index in [1.807, 2.05) is 30.3 Å². The van der Waals surface area contributed by atoms with Gasteiger partial charge in [0, 0.05) is 17.6 Å².